The first-order valence-electron chi connectivity index (χ1n) is 8.07. The lowest BCUT2D eigenvalue weighted by atomic mass is 9.85. The predicted octanol–water partition coefficient (Wildman–Crippen LogP) is 5.09. The summed E-state index contributed by atoms with van der Waals surface area (Å²) in [7, 11) is 2.26. The van der Waals surface area contributed by atoms with Crippen molar-refractivity contribution in [2.45, 2.75) is 70.9 Å². The number of benzene rings is 1. The Hall–Kier alpha value is -0.540. The maximum atomic E-state index is 6.25. The van der Waals surface area contributed by atoms with E-state index in [2.05, 4.69) is 60.8 Å². The Kier molecular flexibility index (Phi) is 5.37. The van der Waals surface area contributed by atoms with Gasteiger partial charge in [0.1, 0.15) is 0 Å². The second-order valence-corrected chi connectivity index (χ2v) is 8.35. The molecule has 1 aromatic carbocycles. The van der Waals surface area contributed by atoms with Crippen LogP contribution in [0.2, 0.25) is 0 Å². The molecule has 21 heavy (non-hydrogen) atoms. The summed E-state index contributed by atoms with van der Waals surface area (Å²) in [4.78, 5) is 2.52. The van der Waals surface area contributed by atoms with Gasteiger partial charge in [-0.15, -0.1) is 0 Å². The Morgan fingerprint density at radius 1 is 1.19 bits per heavy atom. The van der Waals surface area contributed by atoms with Crippen LogP contribution in [0.3, 0.4) is 0 Å². The minimum Gasteiger partial charge on any atom is -0.398 e. The Balaban J connectivity index is 2.18. The maximum absolute atomic E-state index is 6.25. The van der Waals surface area contributed by atoms with Crippen molar-refractivity contribution in [2.24, 2.45) is 0 Å². The molecule has 0 radical (unpaired) electrons. The van der Waals surface area contributed by atoms with Crippen LogP contribution in [-0.4, -0.2) is 18.0 Å². The van der Waals surface area contributed by atoms with Gasteiger partial charge >= 0.3 is 0 Å². The summed E-state index contributed by atoms with van der Waals surface area (Å²) in [5.41, 5.74) is 9.80. The fraction of sp³-hybridized carbons (Fsp3) is 0.667. The van der Waals surface area contributed by atoms with Crippen molar-refractivity contribution < 1.29 is 0 Å². The molecule has 1 fully saturated rings. The molecule has 1 saturated carbocycles. The highest BCUT2D eigenvalue weighted by molar-refractivity contribution is 9.10. The second-order valence-electron chi connectivity index (χ2n) is 7.50. The predicted molar refractivity (Wildman–Crippen MR) is 95.6 cm³/mol. The summed E-state index contributed by atoms with van der Waals surface area (Å²) in [5.74, 6) is 0. The van der Waals surface area contributed by atoms with Gasteiger partial charge in [0.25, 0.3) is 0 Å². The fourth-order valence-electron chi connectivity index (χ4n) is 3.32. The summed E-state index contributed by atoms with van der Waals surface area (Å²) in [6, 6.07) is 5.22. The molecule has 118 valence electrons. The first-order chi connectivity index (χ1) is 9.79. The van der Waals surface area contributed by atoms with Crippen LogP contribution in [0.15, 0.2) is 16.6 Å². The first-order valence-corrected chi connectivity index (χ1v) is 8.87. The van der Waals surface area contributed by atoms with E-state index in [1.165, 1.54) is 43.2 Å². The maximum Gasteiger partial charge on any atom is 0.0496 e. The standard InChI is InChI=1S/C18H29BrN2/c1-18(2,3)15-10-13(11-16(19)17(15)20)12-21(4)14-8-6-5-7-9-14/h10-11,14H,5-9,12,20H2,1-4H3. The highest BCUT2D eigenvalue weighted by atomic mass is 79.9. The molecule has 0 spiro atoms. The van der Waals surface area contributed by atoms with Gasteiger partial charge < -0.3 is 5.73 Å². The molecule has 0 amide bonds. The molecular weight excluding hydrogens is 324 g/mol. The minimum atomic E-state index is 0.0754. The van der Waals surface area contributed by atoms with Crippen LogP contribution in [0.25, 0.3) is 0 Å². The van der Waals surface area contributed by atoms with Gasteiger partial charge in [-0.2, -0.15) is 0 Å². The quantitative estimate of drug-likeness (QED) is 0.767. The minimum absolute atomic E-state index is 0.0754. The number of rotatable bonds is 3. The lowest BCUT2D eigenvalue weighted by molar-refractivity contribution is 0.184. The highest BCUT2D eigenvalue weighted by Crippen LogP contribution is 2.34. The Morgan fingerprint density at radius 2 is 1.81 bits per heavy atom. The van der Waals surface area contributed by atoms with Crippen molar-refractivity contribution in [3.63, 3.8) is 0 Å². The summed E-state index contributed by atoms with van der Waals surface area (Å²) in [5, 5.41) is 0. The average molecular weight is 353 g/mol. The van der Waals surface area contributed by atoms with E-state index in [1.807, 2.05) is 0 Å². The number of anilines is 1. The molecule has 1 aliphatic carbocycles. The van der Waals surface area contributed by atoms with Gasteiger partial charge in [0.2, 0.25) is 0 Å². The zero-order valence-electron chi connectivity index (χ0n) is 13.9. The van der Waals surface area contributed by atoms with Crippen molar-refractivity contribution in [3.8, 4) is 0 Å². The van der Waals surface area contributed by atoms with Crippen LogP contribution < -0.4 is 5.73 Å². The van der Waals surface area contributed by atoms with Crippen LogP contribution in [0.5, 0.6) is 0 Å². The van der Waals surface area contributed by atoms with Crippen LogP contribution in [0.4, 0.5) is 5.69 Å². The van der Waals surface area contributed by atoms with Gasteiger partial charge in [-0.25, -0.2) is 0 Å². The molecule has 0 aromatic heterocycles. The number of nitrogen functional groups attached to an aromatic ring is 1. The first kappa shape index (κ1) is 16.8. The van der Waals surface area contributed by atoms with Gasteiger partial charge in [-0.1, -0.05) is 46.1 Å². The Labute approximate surface area is 138 Å². The third kappa shape index (κ3) is 4.23. The topological polar surface area (TPSA) is 29.3 Å². The number of hydrogen-bond donors (Lipinski definition) is 1. The van der Waals surface area contributed by atoms with Crippen molar-refractivity contribution in [1.82, 2.24) is 4.90 Å². The zero-order chi connectivity index (χ0) is 15.6. The number of halogens is 1. The van der Waals surface area contributed by atoms with E-state index in [0.29, 0.717) is 0 Å². The molecule has 1 aromatic rings. The van der Waals surface area contributed by atoms with E-state index in [9.17, 15) is 0 Å². The van der Waals surface area contributed by atoms with Crippen molar-refractivity contribution in [3.05, 3.63) is 27.7 Å². The molecule has 2 rings (SSSR count). The smallest absolute Gasteiger partial charge is 0.0496 e. The van der Waals surface area contributed by atoms with E-state index < -0.39 is 0 Å². The number of nitrogens with zero attached hydrogens (tertiary/aromatic N) is 1. The van der Waals surface area contributed by atoms with Gasteiger partial charge in [0, 0.05) is 22.7 Å². The molecule has 0 atom stereocenters. The molecule has 3 heteroatoms. The van der Waals surface area contributed by atoms with Crippen molar-refractivity contribution >= 4 is 21.6 Å². The summed E-state index contributed by atoms with van der Waals surface area (Å²) >= 11 is 3.63. The molecule has 0 unspecified atom stereocenters. The van der Waals surface area contributed by atoms with Gasteiger partial charge in [0.05, 0.1) is 0 Å². The fourth-order valence-corrected chi connectivity index (χ4v) is 3.83. The highest BCUT2D eigenvalue weighted by Gasteiger charge is 2.22. The van der Waals surface area contributed by atoms with Crippen LogP contribution in [0, 0.1) is 0 Å². The number of nitrogens with two attached hydrogens (primary N) is 1. The van der Waals surface area contributed by atoms with Gasteiger partial charge in [-0.05, 0) is 58.4 Å². The molecule has 2 N–H and O–H groups in total. The van der Waals surface area contributed by atoms with E-state index in [4.69, 9.17) is 5.73 Å². The average Bonchev–Trinajstić information content (AvgIpc) is 2.42. The third-order valence-electron chi connectivity index (χ3n) is 4.63. The SMILES string of the molecule is CN(Cc1cc(Br)c(N)c(C(C)(C)C)c1)C1CCCCC1. The van der Waals surface area contributed by atoms with Crippen LogP contribution in [0.1, 0.15) is 64.0 Å². The van der Waals surface area contributed by atoms with Crippen LogP contribution >= 0.6 is 15.9 Å². The van der Waals surface area contributed by atoms with E-state index >= 15 is 0 Å². The van der Waals surface area contributed by atoms with Gasteiger partial charge in [-0.3, -0.25) is 4.90 Å². The van der Waals surface area contributed by atoms with Crippen molar-refractivity contribution in [2.75, 3.05) is 12.8 Å². The normalized spacial score (nSPS) is 17.4. The Bertz CT molecular complexity index is 485. The molecular formula is C18H29BrN2. The third-order valence-corrected chi connectivity index (χ3v) is 5.28. The second kappa shape index (κ2) is 6.70. The molecule has 0 saturated heterocycles. The largest absolute Gasteiger partial charge is 0.398 e. The molecule has 0 bridgehead atoms. The van der Waals surface area contributed by atoms with E-state index in [-0.39, 0.29) is 5.41 Å². The molecule has 2 nitrogen and oxygen atoms in total. The van der Waals surface area contributed by atoms with E-state index in [0.717, 1.165) is 22.7 Å². The Morgan fingerprint density at radius 3 is 2.38 bits per heavy atom. The summed E-state index contributed by atoms with van der Waals surface area (Å²) < 4.78 is 1.03. The van der Waals surface area contributed by atoms with E-state index in [1.54, 1.807) is 0 Å². The van der Waals surface area contributed by atoms with Crippen LogP contribution in [-0.2, 0) is 12.0 Å². The van der Waals surface area contributed by atoms with Gasteiger partial charge in [0.15, 0.2) is 0 Å². The number of hydrogen-bond acceptors (Lipinski definition) is 2. The summed E-state index contributed by atoms with van der Waals surface area (Å²) in [6.45, 7) is 7.67. The molecule has 1 aliphatic rings. The van der Waals surface area contributed by atoms with Crippen molar-refractivity contribution in [1.29, 1.82) is 0 Å². The lowest BCUT2D eigenvalue weighted by Gasteiger charge is -2.32. The monoisotopic (exact) mass is 352 g/mol. The molecule has 0 aliphatic heterocycles. The lowest BCUT2D eigenvalue weighted by Crippen LogP contribution is -2.33. The zero-order valence-corrected chi connectivity index (χ0v) is 15.5. The molecule has 0 heterocycles. The summed E-state index contributed by atoms with van der Waals surface area (Å²) in [6.07, 6.45) is 6.87.